The Hall–Kier alpha value is -3.27. The first kappa shape index (κ1) is 24.8. The number of rotatable bonds is 5. The zero-order chi connectivity index (χ0) is 25.6. The summed E-state index contributed by atoms with van der Waals surface area (Å²) < 4.78 is 95.2. The third-order valence-corrected chi connectivity index (χ3v) is 8.38. The monoisotopic (exact) mass is 513 g/mol. The van der Waals surface area contributed by atoms with Crippen molar-refractivity contribution >= 4 is 15.7 Å². The highest BCUT2D eigenvalue weighted by Crippen LogP contribution is 2.40. The van der Waals surface area contributed by atoms with Crippen LogP contribution in [0.3, 0.4) is 0 Å². The van der Waals surface area contributed by atoms with E-state index >= 15 is 0 Å². The summed E-state index contributed by atoms with van der Waals surface area (Å²) in [5.74, 6) is -2.99. The first-order valence-electron chi connectivity index (χ1n) is 10.5. The number of sulfone groups is 1. The average molecular weight is 513 g/mol. The lowest BCUT2D eigenvalue weighted by molar-refractivity contribution is -0.139. The lowest BCUT2D eigenvalue weighted by atomic mass is 10.1. The van der Waals surface area contributed by atoms with Gasteiger partial charge in [0.25, 0.3) is 5.92 Å². The fraction of sp³-hybridized carbons (Fsp3) is 0.409. The Morgan fingerprint density at radius 1 is 1.23 bits per heavy atom. The lowest BCUT2D eigenvalue weighted by Crippen LogP contribution is -2.38. The van der Waals surface area contributed by atoms with Gasteiger partial charge in [0, 0.05) is 31.4 Å². The molecule has 2 atom stereocenters. The van der Waals surface area contributed by atoms with Gasteiger partial charge >= 0.3 is 6.18 Å². The summed E-state index contributed by atoms with van der Waals surface area (Å²) in [5.41, 5.74) is -1.07. The second-order valence-corrected chi connectivity index (χ2v) is 10.6. The van der Waals surface area contributed by atoms with Gasteiger partial charge in [-0.1, -0.05) is 18.7 Å². The van der Waals surface area contributed by atoms with Crippen LogP contribution in [0, 0.1) is 11.3 Å². The van der Waals surface area contributed by atoms with Gasteiger partial charge < -0.3 is 9.80 Å². The van der Waals surface area contributed by atoms with E-state index in [1.807, 2.05) is 0 Å². The maximum Gasteiger partial charge on any atom is 0.417 e. The molecule has 0 aliphatic carbocycles. The number of hydrogen-bond donors (Lipinski definition) is 0. The number of benzene rings is 1. The van der Waals surface area contributed by atoms with E-state index in [1.54, 1.807) is 6.07 Å². The molecule has 7 nitrogen and oxygen atoms in total. The average Bonchev–Trinajstić information content (AvgIpc) is 3.42. The minimum Gasteiger partial charge on any atom is -0.367 e. The molecule has 4 rings (SSSR count). The highest BCUT2D eigenvalue weighted by molar-refractivity contribution is 7.92. The van der Waals surface area contributed by atoms with Crippen LogP contribution in [0.2, 0.25) is 0 Å². The van der Waals surface area contributed by atoms with E-state index in [9.17, 15) is 30.4 Å². The van der Waals surface area contributed by atoms with Crippen molar-refractivity contribution in [2.24, 2.45) is 0 Å². The van der Waals surface area contributed by atoms with Gasteiger partial charge in [-0.25, -0.2) is 27.2 Å². The van der Waals surface area contributed by atoms with Crippen molar-refractivity contribution in [1.29, 1.82) is 5.26 Å². The molecule has 0 spiro atoms. The van der Waals surface area contributed by atoms with E-state index in [1.165, 1.54) is 28.1 Å². The molecule has 0 amide bonds. The van der Waals surface area contributed by atoms with Crippen molar-refractivity contribution in [2.45, 2.75) is 41.1 Å². The van der Waals surface area contributed by atoms with Gasteiger partial charge in [-0.2, -0.15) is 18.4 Å². The number of anilines is 1. The van der Waals surface area contributed by atoms with Crippen molar-refractivity contribution < 1.29 is 30.4 Å². The molecular weight excluding hydrogens is 493 g/mol. The van der Waals surface area contributed by atoms with Crippen molar-refractivity contribution in [3.8, 4) is 6.07 Å². The van der Waals surface area contributed by atoms with Crippen LogP contribution in [0.1, 0.15) is 24.2 Å². The zero-order valence-corrected chi connectivity index (χ0v) is 19.0. The number of halogens is 5. The molecule has 0 saturated carbocycles. The molecule has 1 aromatic heterocycles. The Kier molecular flexibility index (Phi) is 6.21. The summed E-state index contributed by atoms with van der Waals surface area (Å²) >= 11 is 0. The van der Waals surface area contributed by atoms with Crippen molar-refractivity contribution in [3.05, 3.63) is 60.2 Å². The molecule has 2 aliphatic rings. The molecule has 1 aromatic carbocycles. The third-order valence-electron chi connectivity index (χ3n) is 6.20. The predicted octanol–water partition coefficient (Wildman–Crippen LogP) is 3.64. The van der Waals surface area contributed by atoms with E-state index in [2.05, 4.69) is 16.5 Å². The van der Waals surface area contributed by atoms with Crippen LogP contribution in [0.4, 0.5) is 27.8 Å². The molecule has 35 heavy (non-hydrogen) atoms. The van der Waals surface area contributed by atoms with Gasteiger partial charge in [0.15, 0.2) is 9.84 Å². The summed E-state index contributed by atoms with van der Waals surface area (Å²) in [6, 6.07) is 6.26. The standard InChI is InChI=1S/C22H20F5N5O2S/c1-14(31-9-7-21(23,24)13-31)17-10-15(12-32(17)20-6-8-29-19(11-28)30-20)35(33,34)18-5-3-2-4-16(18)22(25,26)27/h2-6,8,15,17H,1,7,9-10,12-13H2/t15-,17-/m0/s1. The maximum absolute atomic E-state index is 13.8. The Morgan fingerprint density at radius 3 is 2.57 bits per heavy atom. The van der Waals surface area contributed by atoms with Gasteiger partial charge in [-0.3, -0.25) is 0 Å². The van der Waals surface area contributed by atoms with E-state index < -0.39 is 56.7 Å². The Morgan fingerprint density at radius 2 is 1.94 bits per heavy atom. The maximum atomic E-state index is 13.8. The Balaban J connectivity index is 1.73. The summed E-state index contributed by atoms with van der Waals surface area (Å²) in [5, 5.41) is 7.83. The van der Waals surface area contributed by atoms with Gasteiger partial charge in [0.05, 0.1) is 28.3 Å². The second kappa shape index (κ2) is 8.75. The summed E-state index contributed by atoms with van der Waals surface area (Å²) in [6.07, 6.45) is -4.20. The van der Waals surface area contributed by atoms with E-state index in [-0.39, 0.29) is 36.8 Å². The van der Waals surface area contributed by atoms with Crippen LogP contribution in [-0.4, -0.2) is 60.1 Å². The van der Waals surface area contributed by atoms with Gasteiger partial charge in [0.1, 0.15) is 11.9 Å². The number of nitrogens with zero attached hydrogens (tertiary/aromatic N) is 5. The molecular formula is C22H20F5N5O2S. The predicted molar refractivity (Wildman–Crippen MR) is 115 cm³/mol. The lowest BCUT2D eigenvalue weighted by Gasteiger charge is -2.32. The van der Waals surface area contributed by atoms with Crippen LogP contribution >= 0.6 is 0 Å². The molecule has 13 heteroatoms. The van der Waals surface area contributed by atoms with E-state index in [0.29, 0.717) is 6.07 Å². The molecule has 0 unspecified atom stereocenters. The molecule has 0 N–H and O–H groups in total. The molecule has 2 aromatic rings. The minimum absolute atomic E-state index is 0.00227. The topological polar surface area (TPSA) is 90.2 Å². The number of alkyl halides is 5. The Bertz CT molecular complexity index is 1290. The highest BCUT2D eigenvalue weighted by Gasteiger charge is 2.48. The third kappa shape index (κ3) is 4.80. The number of hydrogen-bond acceptors (Lipinski definition) is 7. The number of aromatic nitrogens is 2. The molecule has 2 fully saturated rings. The van der Waals surface area contributed by atoms with Gasteiger partial charge in [-0.05, 0) is 24.6 Å². The summed E-state index contributed by atoms with van der Waals surface area (Å²) in [7, 11) is -4.50. The number of likely N-dealkylation sites (tertiary alicyclic amines) is 1. The minimum atomic E-state index is -4.89. The van der Waals surface area contributed by atoms with Crippen LogP contribution in [0.15, 0.2) is 53.7 Å². The SMILES string of the molecule is C=C([C@@H]1C[C@H](S(=O)(=O)c2ccccc2C(F)(F)F)CN1c1ccnc(C#N)n1)N1CCC(F)(F)C1. The fourth-order valence-corrected chi connectivity index (χ4v) is 6.38. The fourth-order valence-electron chi connectivity index (χ4n) is 4.47. The largest absolute Gasteiger partial charge is 0.417 e. The first-order chi connectivity index (χ1) is 16.3. The molecule has 2 aliphatic heterocycles. The van der Waals surface area contributed by atoms with Crippen LogP contribution in [0.25, 0.3) is 0 Å². The van der Waals surface area contributed by atoms with Crippen molar-refractivity contribution in [1.82, 2.24) is 14.9 Å². The molecule has 0 radical (unpaired) electrons. The molecule has 3 heterocycles. The van der Waals surface area contributed by atoms with E-state index in [4.69, 9.17) is 5.26 Å². The van der Waals surface area contributed by atoms with Crippen molar-refractivity contribution in [3.63, 3.8) is 0 Å². The normalized spacial score (nSPS) is 22.3. The van der Waals surface area contributed by atoms with Crippen LogP contribution in [0.5, 0.6) is 0 Å². The molecule has 186 valence electrons. The quantitative estimate of drug-likeness (QED) is 0.564. The van der Waals surface area contributed by atoms with Gasteiger partial charge in [0.2, 0.25) is 5.82 Å². The summed E-state index contributed by atoms with van der Waals surface area (Å²) in [6.45, 7) is 3.04. The highest BCUT2D eigenvalue weighted by atomic mass is 32.2. The summed E-state index contributed by atoms with van der Waals surface area (Å²) in [4.78, 5) is 9.83. The van der Waals surface area contributed by atoms with Gasteiger partial charge in [-0.15, -0.1) is 0 Å². The first-order valence-corrected chi connectivity index (χ1v) is 12.1. The number of nitriles is 1. The van der Waals surface area contributed by atoms with Crippen LogP contribution in [-0.2, 0) is 16.0 Å². The second-order valence-electron chi connectivity index (χ2n) is 8.43. The zero-order valence-electron chi connectivity index (χ0n) is 18.2. The van der Waals surface area contributed by atoms with E-state index in [0.717, 1.165) is 12.1 Å². The Labute approximate surface area is 198 Å². The molecule has 2 saturated heterocycles. The van der Waals surface area contributed by atoms with Crippen LogP contribution < -0.4 is 4.90 Å². The molecule has 0 bridgehead atoms. The smallest absolute Gasteiger partial charge is 0.367 e. The van der Waals surface area contributed by atoms with Crippen molar-refractivity contribution in [2.75, 3.05) is 24.5 Å².